The van der Waals surface area contributed by atoms with Gasteiger partial charge in [-0.25, -0.2) is 5.43 Å². The number of hydrazone groups is 1. The van der Waals surface area contributed by atoms with Gasteiger partial charge >= 0.3 is 11.8 Å². The SMILES string of the molecule is C=CCOc1ccc(C=NNC(=O)C(=O)NCc2ccc(Cl)cc2Cl)cc1OCC. The van der Waals surface area contributed by atoms with Gasteiger partial charge < -0.3 is 14.8 Å². The molecule has 2 aromatic carbocycles. The van der Waals surface area contributed by atoms with Crippen LogP contribution in [0.1, 0.15) is 18.1 Å². The number of hydrogen-bond acceptors (Lipinski definition) is 5. The summed E-state index contributed by atoms with van der Waals surface area (Å²) in [5.74, 6) is -0.654. The highest BCUT2D eigenvalue weighted by Gasteiger charge is 2.13. The Hall–Kier alpha value is -3.03. The fraction of sp³-hybridized carbons (Fsp3) is 0.190. The zero-order valence-corrected chi connectivity index (χ0v) is 17.8. The van der Waals surface area contributed by atoms with E-state index < -0.39 is 11.8 Å². The summed E-state index contributed by atoms with van der Waals surface area (Å²) in [5.41, 5.74) is 3.45. The number of halogens is 2. The number of hydrogen-bond donors (Lipinski definition) is 2. The molecule has 0 aliphatic rings. The second kappa shape index (κ2) is 11.8. The molecular formula is C21H21Cl2N3O4. The maximum Gasteiger partial charge on any atom is 0.329 e. The molecule has 0 spiro atoms. The summed E-state index contributed by atoms with van der Waals surface area (Å²) in [7, 11) is 0. The highest BCUT2D eigenvalue weighted by molar-refractivity contribution is 6.36. The van der Waals surface area contributed by atoms with Crippen LogP contribution in [0.25, 0.3) is 0 Å². The van der Waals surface area contributed by atoms with Crippen molar-refractivity contribution in [1.82, 2.24) is 10.7 Å². The van der Waals surface area contributed by atoms with E-state index in [4.69, 9.17) is 32.7 Å². The molecule has 0 radical (unpaired) electrons. The lowest BCUT2D eigenvalue weighted by atomic mass is 10.2. The smallest absolute Gasteiger partial charge is 0.329 e. The molecule has 0 bridgehead atoms. The molecule has 2 amide bonds. The normalized spacial score (nSPS) is 10.5. The molecule has 9 heteroatoms. The Morgan fingerprint density at radius 3 is 2.60 bits per heavy atom. The van der Waals surface area contributed by atoms with E-state index in [0.29, 0.717) is 45.9 Å². The Bertz CT molecular complexity index is 948. The zero-order valence-electron chi connectivity index (χ0n) is 16.3. The molecule has 0 aliphatic heterocycles. The van der Waals surface area contributed by atoms with Crippen molar-refractivity contribution in [1.29, 1.82) is 0 Å². The van der Waals surface area contributed by atoms with Crippen LogP contribution in [0.3, 0.4) is 0 Å². The first-order valence-corrected chi connectivity index (χ1v) is 9.75. The standard InChI is InChI=1S/C21H21Cl2N3O4/c1-3-9-30-18-8-5-14(10-19(18)29-4-2)12-25-26-21(28)20(27)24-13-15-6-7-16(22)11-17(15)23/h3,5-8,10-12H,1,4,9,13H2,2H3,(H,24,27)(H,26,28). The van der Waals surface area contributed by atoms with Crippen molar-refractivity contribution in [2.24, 2.45) is 5.10 Å². The molecule has 2 aromatic rings. The highest BCUT2D eigenvalue weighted by Crippen LogP contribution is 2.28. The van der Waals surface area contributed by atoms with Gasteiger partial charge in [-0.3, -0.25) is 9.59 Å². The second-order valence-electron chi connectivity index (χ2n) is 5.86. The molecule has 0 saturated carbocycles. The van der Waals surface area contributed by atoms with Crippen LogP contribution in [0.2, 0.25) is 10.0 Å². The number of nitrogens with zero attached hydrogens (tertiary/aromatic N) is 1. The van der Waals surface area contributed by atoms with Crippen LogP contribution < -0.4 is 20.2 Å². The molecule has 0 unspecified atom stereocenters. The van der Waals surface area contributed by atoms with E-state index in [1.165, 1.54) is 6.21 Å². The number of carbonyl (C=O) groups excluding carboxylic acids is 2. The maximum atomic E-state index is 11.9. The van der Waals surface area contributed by atoms with E-state index in [2.05, 4.69) is 22.4 Å². The molecule has 7 nitrogen and oxygen atoms in total. The van der Waals surface area contributed by atoms with Gasteiger partial charge in [-0.2, -0.15) is 5.10 Å². The third kappa shape index (κ3) is 7.09. The summed E-state index contributed by atoms with van der Waals surface area (Å²) in [4.78, 5) is 23.8. The summed E-state index contributed by atoms with van der Waals surface area (Å²) in [6.45, 7) is 6.35. The van der Waals surface area contributed by atoms with Gasteiger partial charge in [0.15, 0.2) is 11.5 Å². The van der Waals surface area contributed by atoms with Gasteiger partial charge in [0, 0.05) is 16.6 Å². The average Bonchev–Trinajstić information content (AvgIpc) is 2.72. The predicted octanol–water partition coefficient (Wildman–Crippen LogP) is 3.72. The minimum absolute atomic E-state index is 0.0792. The van der Waals surface area contributed by atoms with Crippen molar-refractivity contribution in [3.05, 3.63) is 70.2 Å². The van der Waals surface area contributed by atoms with Crippen molar-refractivity contribution in [3.63, 3.8) is 0 Å². The minimum atomic E-state index is -0.910. The Morgan fingerprint density at radius 2 is 1.90 bits per heavy atom. The molecule has 0 aliphatic carbocycles. The van der Waals surface area contributed by atoms with Crippen LogP contribution in [0, 0.1) is 0 Å². The van der Waals surface area contributed by atoms with Gasteiger partial charge in [0.2, 0.25) is 0 Å². The summed E-state index contributed by atoms with van der Waals surface area (Å²) in [5, 5.41) is 7.14. The molecule has 158 valence electrons. The molecule has 0 saturated heterocycles. The van der Waals surface area contributed by atoms with Crippen LogP contribution in [0.15, 0.2) is 54.2 Å². The zero-order chi connectivity index (χ0) is 21.9. The molecule has 0 fully saturated rings. The van der Waals surface area contributed by atoms with Gasteiger partial charge in [-0.05, 0) is 48.4 Å². The lowest BCUT2D eigenvalue weighted by molar-refractivity contribution is -0.139. The highest BCUT2D eigenvalue weighted by atomic mass is 35.5. The van der Waals surface area contributed by atoms with Crippen molar-refractivity contribution < 1.29 is 19.1 Å². The first kappa shape index (κ1) is 23.3. The molecule has 0 heterocycles. The van der Waals surface area contributed by atoms with Crippen molar-refractivity contribution in [2.45, 2.75) is 13.5 Å². The van der Waals surface area contributed by atoms with Crippen LogP contribution in [0.4, 0.5) is 0 Å². The average molecular weight is 450 g/mol. The second-order valence-corrected chi connectivity index (χ2v) is 6.70. The quantitative estimate of drug-likeness (QED) is 0.264. The predicted molar refractivity (Wildman–Crippen MR) is 117 cm³/mol. The van der Waals surface area contributed by atoms with E-state index in [1.54, 1.807) is 42.5 Å². The number of ether oxygens (including phenoxy) is 2. The van der Waals surface area contributed by atoms with Crippen LogP contribution in [0.5, 0.6) is 11.5 Å². The lowest BCUT2D eigenvalue weighted by Gasteiger charge is -2.11. The minimum Gasteiger partial charge on any atom is -0.490 e. The summed E-state index contributed by atoms with van der Waals surface area (Å²) >= 11 is 11.9. The van der Waals surface area contributed by atoms with Gasteiger partial charge in [0.25, 0.3) is 0 Å². The van der Waals surface area contributed by atoms with E-state index in [1.807, 2.05) is 6.92 Å². The molecular weight excluding hydrogens is 429 g/mol. The fourth-order valence-corrected chi connectivity index (χ4v) is 2.75. The number of amides is 2. The number of rotatable bonds is 9. The lowest BCUT2D eigenvalue weighted by Crippen LogP contribution is -2.37. The first-order chi connectivity index (χ1) is 14.4. The van der Waals surface area contributed by atoms with Crippen LogP contribution in [-0.2, 0) is 16.1 Å². The van der Waals surface area contributed by atoms with Gasteiger partial charge in [-0.15, -0.1) is 0 Å². The Balaban J connectivity index is 1.91. The molecule has 30 heavy (non-hydrogen) atoms. The Labute approximate surface area is 184 Å². The van der Waals surface area contributed by atoms with Crippen LogP contribution in [-0.4, -0.2) is 31.2 Å². The van der Waals surface area contributed by atoms with Crippen molar-refractivity contribution in [3.8, 4) is 11.5 Å². The van der Waals surface area contributed by atoms with E-state index in [0.717, 1.165) is 0 Å². The van der Waals surface area contributed by atoms with E-state index in [-0.39, 0.29) is 6.54 Å². The Morgan fingerprint density at radius 1 is 1.10 bits per heavy atom. The van der Waals surface area contributed by atoms with Crippen LogP contribution >= 0.6 is 23.2 Å². The van der Waals surface area contributed by atoms with Gasteiger partial charge in [-0.1, -0.05) is 41.9 Å². The first-order valence-electron chi connectivity index (χ1n) is 9.00. The van der Waals surface area contributed by atoms with Crippen molar-refractivity contribution in [2.75, 3.05) is 13.2 Å². The third-order valence-corrected chi connectivity index (χ3v) is 4.25. The molecule has 2 N–H and O–H groups in total. The number of benzene rings is 2. The van der Waals surface area contributed by atoms with E-state index in [9.17, 15) is 9.59 Å². The summed E-state index contributed by atoms with van der Waals surface area (Å²) in [6.07, 6.45) is 3.02. The Kier molecular flexibility index (Phi) is 9.18. The molecule has 2 rings (SSSR count). The fourth-order valence-electron chi connectivity index (χ4n) is 2.28. The third-order valence-electron chi connectivity index (χ3n) is 3.66. The van der Waals surface area contributed by atoms with Crippen molar-refractivity contribution >= 4 is 41.2 Å². The van der Waals surface area contributed by atoms with E-state index >= 15 is 0 Å². The molecule has 0 atom stereocenters. The summed E-state index contributed by atoms with van der Waals surface area (Å²) < 4.78 is 11.1. The topological polar surface area (TPSA) is 89.0 Å². The summed E-state index contributed by atoms with van der Waals surface area (Å²) in [6, 6.07) is 10.0. The van der Waals surface area contributed by atoms with Gasteiger partial charge in [0.1, 0.15) is 6.61 Å². The largest absolute Gasteiger partial charge is 0.490 e. The van der Waals surface area contributed by atoms with Gasteiger partial charge in [0.05, 0.1) is 12.8 Å². The number of nitrogens with one attached hydrogen (secondary N) is 2. The number of carbonyl (C=O) groups is 2. The monoisotopic (exact) mass is 449 g/mol. The molecule has 0 aromatic heterocycles. The maximum absolute atomic E-state index is 11.9.